The molecule has 0 bridgehead atoms. The van der Waals surface area contributed by atoms with Gasteiger partial charge in [0, 0.05) is 23.8 Å². The fourth-order valence-electron chi connectivity index (χ4n) is 1.37. The highest BCUT2D eigenvalue weighted by Gasteiger charge is 2.17. The van der Waals surface area contributed by atoms with Crippen LogP contribution >= 0.6 is 27.5 Å². The van der Waals surface area contributed by atoms with Gasteiger partial charge in [0.2, 0.25) is 0 Å². The molecule has 1 aromatic rings. The Hall–Kier alpha value is -0.200. The molecule has 1 aromatic carbocycles. The average Bonchev–Trinajstić information content (AvgIpc) is 2.29. The van der Waals surface area contributed by atoms with Gasteiger partial charge in [0.15, 0.2) is 0 Å². The van der Waals surface area contributed by atoms with E-state index in [-0.39, 0.29) is 11.1 Å². The number of rotatable bonds is 5. The number of nitrogens with two attached hydrogens (primary N) is 1. The minimum atomic E-state index is -0.463. The molecule has 0 saturated heterocycles. The van der Waals surface area contributed by atoms with Gasteiger partial charge in [-0.15, -0.1) is 0 Å². The summed E-state index contributed by atoms with van der Waals surface area (Å²) in [5, 5.41) is 0.0650. The Morgan fingerprint density at radius 3 is 2.88 bits per heavy atom. The van der Waals surface area contributed by atoms with Gasteiger partial charge in [0.1, 0.15) is 5.82 Å². The van der Waals surface area contributed by atoms with Crippen molar-refractivity contribution in [1.29, 1.82) is 0 Å². The molecule has 0 saturated carbocycles. The third-order valence-electron chi connectivity index (χ3n) is 2.25. The van der Waals surface area contributed by atoms with Gasteiger partial charge in [0.25, 0.3) is 0 Å². The summed E-state index contributed by atoms with van der Waals surface area (Å²) in [6.07, 6.45) is 0.571. The predicted octanol–water partition coefficient (Wildman–Crippen LogP) is 2.78. The molecule has 0 aliphatic heterocycles. The third kappa shape index (κ3) is 3.15. The molecule has 16 heavy (non-hydrogen) atoms. The minimum absolute atomic E-state index is 0.0650. The normalized spacial score (nSPS) is 12.8. The molecular formula is C10H13BrClFN2O. The number of nitrogens with one attached hydrogen (secondary N) is 1. The number of halogens is 3. The van der Waals surface area contributed by atoms with Gasteiger partial charge < -0.3 is 4.74 Å². The van der Waals surface area contributed by atoms with Gasteiger partial charge in [-0.2, -0.15) is 0 Å². The predicted molar refractivity (Wildman–Crippen MR) is 65.7 cm³/mol. The number of hydrazine groups is 1. The van der Waals surface area contributed by atoms with E-state index in [1.165, 1.54) is 0 Å². The number of methoxy groups -OCH3 is 1. The van der Waals surface area contributed by atoms with Crippen molar-refractivity contribution in [3.63, 3.8) is 0 Å². The van der Waals surface area contributed by atoms with Crippen molar-refractivity contribution in [1.82, 2.24) is 5.43 Å². The summed E-state index contributed by atoms with van der Waals surface area (Å²) in [6, 6.07) is 3.02. The van der Waals surface area contributed by atoms with E-state index < -0.39 is 5.82 Å². The molecule has 6 heteroatoms. The van der Waals surface area contributed by atoms with Gasteiger partial charge in [-0.25, -0.2) is 4.39 Å². The maximum atomic E-state index is 13.8. The van der Waals surface area contributed by atoms with Crippen LogP contribution in [0.15, 0.2) is 16.6 Å². The topological polar surface area (TPSA) is 47.3 Å². The Morgan fingerprint density at radius 2 is 2.31 bits per heavy atom. The van der Waals surface area contributed by atoms with Crippen LogP contribution in [0.2, 0.25) is 5.02 Å². The molecule has 0 amide bonds. The Kier molecular flexibility index (Phi) is 5.64. The van der Waals surface area contributed by atoms with E-state index in [0.29, 0.717) is 23.1 Å². The van der Waals surface area contributed by atoms with Crippen LogP contribution in [0.1, 0.15) is 18.0 Å². The lowest BCUT2D eigenvalue weighted by Crippen LogP contribution is -2.29. The van der Waals surface area contributed by atoms with Crippen molar-refractivity contribution in [2.45, 2.75) is 12.5 Å². The lowest BCUT2D eigenvalue weighted by molar-refractivity contribution is 0.182. The summed E-state index contributed by atoms with van der Waals surface area (Å²) in [6.45, 7) is 0.488. The summed E-state index contributed by atoms with van der Waals surface area (Å²) < 4.78 is 19.3. The van der Waals surface area contributed by atoms with Gasteiger partial charge >= 0.3 is 0 Å². The molecule has 3 nitrogen and oxygen atoms in total. The fraction of sp³-hybridized carbons (Fsp3) is 0.400. The Bertz CT molecular complexity index is 365. The smallest absolute Gasteiger partial charge is 0.147 e. The molecule has 0 heterocycles. The first-order valence-corrected chi connectivity index (χ1v) is 5.87. The maximum absolute atomic E-state index is 13.8. The summed E-state index contributed by atoms with van der Waals surface area (Å²) in [5.41, 5.74) is 2.98. The average molecular weight is 312 g/mol. The molecule has 1 unspecified atom stereocenters. The monoisotopic (exact) mass is 310 g/mol. The Labute approximate surface area is 107 Å². The molecule has 0 fully saturated rings. The van der Waals surface area contributed by atoms with Gasteiger partial charge in [-0.3, -0.25) is 11.3 Å². The molecule has 0 aromatic heterocycles. The van der Waals surface area contributed by atoms with Crippen LogP contribution < -0.4 is 11.3 Å². The first-order valence-electron chi connectivity index (χ1n) is 4.70. The third-order valence-corrected chi connectivity index (χ3v) is 3.51. The molecule has 0 aliphatic carbocycles. The van der Waals surface area contributed by atoms with E-state index in [1.807, 2.05) is 0 Å². The summed E-state index contributed by atoms with van der Waals surface area (Å²) in [5.74, 6) is 4.91. The zero-order valence-electron chi connectivity index (χ0n) is 8.77. The first kappa shape index (κ1) is 13.9. The van der Waals surface area contributed by atoms with Crippen molar-refractivity contribution in [3.05, 3.63) is 33.0 Å². The van der Waals surface area contributed by atoms with Crippen LogP contribution in [-0.2, 0) is 4.74 Å². The number of benzene rings is 1. The van der Waals surface area contributed by atoms with Crippen LogP contribution in [0.5, 0.6) is 0 Å². The minimum Gasteiger partial charge on any atom is -0.385 e. The van der Waals surface area contributed by atoms with Crippen molar-refractivity contribution in [3.8, 4) is 0 Å². The first-order chi connectivity index (χ1) is 7.61. The van der Waals surface area contributed by atoms with E-state index in [9.17, 15) is 4.39 Å². The second-order valence-electron chi connectivity index (χ2n) is 3.27. The van der Waals surface area contributed by atoms with E-state index in [1.54, 1.807) is 19.2 Å². The molecular weight excluding hydrogens is 298 g/mol. The van der Waals surface area contributed by atoms with Gasteiger partial charge in [-0.05, 0) is 28.4 Å². The second kappa shape index (κ2) is 6.51. The van der Waals surface area contributed by atoms with Gasteiger partial charge in [0.05, 0.1) is 11.1 Å². The second-order valence-corrected chi connectivity index (χ2v) is 4.50. The quantitative estimate of drug-likeness (QED) is 0.499. The lowest BCUT2D eigenvalue weighted by atomic mass is 10.0. The van der Waals surface area contributed by atoms with Crippen LogP contribution in [0.25, 0.3) is 0 Å². The molecule has 90 valence electrons. The largest absolute Gasteiger partial charge is 0.385 e. The van der Waals surface area contributed by atoms with E-state index in [2.05, 4.69) is 21.4 Å². The van der Waals surface area contributed by atoms with Crippen molar-refractivity contribution in [2.24, 2.45) is 5.84 Å². The summed E-state index contributed by atoms with van der Waals surface area (Å²) in [7, 11) is 1.58. The molecule has 3 N–H and O–H groups in total. The highest BCUT2D eigenvalue weighted by Crippen LogP contribution is 2.31. The SMILES string of the molecule is COCCC(NN)c1ccc(Br)c(Cl)c1F. The number of hydrogen-bond acceptors (Lipinski definition) is 3. The van der Waals surface area contributed by atoms with Gasteiger partial charge in [-0.1, -0.05) is 17.7 Å². The zero-order chi connectivity index (χ0) is 12.1. The molecule has 1 atom stereocenters. The highest BCUT2D eigenvalue weighted by molar-refractivity contribution is 9.10. The number of hydrogen-bond donors (Lipinski definition) is 2. The van der Waals surface area contributed by atoms with Crippen molar-refractivity contribution in [2.75, 3.05) is 13.7 Å². The highest BCUT2D eigenvalue weighted by atomic mass is 79.9. The van der Waals surface area contributed by atoms with E-state index >= 15 is 0 Å². The van der Waals surface area contributed by atoms with Crippen LogP contribution in [0, 0.1) is 5.82 Å². The molecule has 0 aliphatic rings. The van der Waals surface area contributed by atoms with Crippen LogP contribution in [-0.4, -0.2) is 13.7 Å². The Balaban J connectivity index is 2.96. The van der Waals surface area contributed by atoms with E-state index in [0.717, 1.165) is 0 Å². The number of ether oxygens (including phenoxy) is 1. The lowest BCUT2D eigenvalue weighted by Gasteiger charge is -2.17. The molecule has 0 radical (unpaired) electrons. The summed E-state index contributed by atoms with van der Waals surface area (Å²) in [4.78, 5) is 0. The summed E-state index contributed by atoms with van der Waals surface area (Å²) >= 11 is 8.95. The van der Waals surface area contributed by atoms with Crippen molar-refractivity contribution >= 4 is 27.5 Å². The maximum Gasteiger partial charge on any atom is 0.147 e. The zero-order valence-corrected chi connectivity index (χ0v) is 11.1. The van der Waals surface area contributed by atoms with E-state index in [4.69, 9.17) is 22.2 Å². The van der Waals surface area contributed by atoms with Crippen LogP contribution in [0.4, 0.5) is 4.39 Å². The van der Waals surface area contributed by atoms with Crippen molar-refractivity contribution < 1.29 is 9.13 Å². The fourth-order valence-corrected chi connectivity index (χ4v) is 1.85. The Morgan fingerprint density at radius 1 is 1.62 bits per heavy atom. The standard InChI is InChI=1S/C10H13BrClFN2O/c1-16-5-4-8(15-14)6-2-3-7(11)9(12)10(6)13/h2-3,8,15H,4-5,14H2,1H3. The molecule has 0 spiro atoms. The van der Waals surface area contributed by atoms with Crippen LogP contribution in [0.3, 0.4) is 0 Å². The molecule has 1 rings (SSSR count).